The molecule has 0 fully saturated rings. The molecule has 0 bridgehead atoms. The second-order valence-electron chi connectivity index (χ2n) is 4.11. The molecule has 0 aliphatic rings. The molecule has 0 amide bonds. The number of nitro groups is 1. The van der Waals surface area contributed by atoms with Crippen molar-refractivity contribution in [1.82, 2.24) is 4.57 Å². The number of rotatable bonds is 3. The largest absolute Gasteiger partial charge is 0.302 e. The minimum atomic E-state index is -0.479. The molecule has 2 aromatic rings. The highest BCUT2D eigenvalue weighted by atomic mass is 79.9. The van der Waals surface area contributed by atoms with E-state index >= 15 is 0 Å². The standard InChI is InChI=1S/C13H11BrN2O3/c1-9-12(16(18)19)6-7-13(17)15(9)8-10-2-4-11(14)5-3-10/h2-7H,8H2,1H3. The number of hydrogen-bond acceptors (Lipinski definition) is 3. The molecule has 0 radical (unpaired) electrons. The van der Waals surface area contributed by atoms with Gasteiger partial charge in [-0.2, -0.15) is 0 Å². The molecule has 6 heteroatoms. The molecule has 0 spiro atoms. The molecule has 0 N–H and O–H groups in total. The van der Waals surface area contributed by atoms with Crippen LogP contribution in [0.25, 0.3) is 0 Å². The zero-order chi connectivity index (χ0) is 14.0. The van der Waals surface area contributed by atoms with Crippen molar-refractivity contribution in [3.63, 3.8) is 0 Å². The van der Waals surface area contributed by atoms with Gasteiger partial charge in [0.15, 0.2) is 0 Å². The molecule has 0 atom stereocenters. The third-order valence-electron chi connectivity index (χ3n) is 2.88. The Morgan fingerprint density at radius 3 is 2.42 bits per heavy atom. The third-order valence-corrected chi connectivity index (χ3v) is 3.40. The lowest BCUT2D eigenvalue weighted by Crippen LogP contribution is -2.22. The molecule has 19 heavy (non-hydrogen) atoms. The molecule has 98 valence electrons. The Morgan fingerprint density at radius 2 is 1.84 bits per heavy atom. The van der Waals surface area contributed by atoms with Crippen LogP contribution in [0.15, 0.2) is 45.7 Å². The van der Waals surface area contributed by atoms with Gasteiger partial charge in [0.25, 0.3) is 11.2 Å². The van der Waals surface area contributed by atoms with Gasteiger partial charge in [0.05, 0.1) is 17.2 Å². The topological polar surface area (TPSA) is 65.1 Å². The molecule has 0 aliphatic carbocycles. The van der Waals surface area contributed by atoms with Crippen LogP contribution in [0.2, 0.25) is 0 Å². The van der Waals surface area contributed by atoms with Crippen LogP contribution < -0.4 is 5.56 Å². The second kappa shape index (κ2) is 5.36. The van der Waals surface area contributed by atoms with E-state index in [1.54, 1.807) is 6.92 Å². The number of nitrogens with zero attached hydrogens (tertiary/aromatic N) is 2. The minimum Gasteiger partial charge on any atom is -0.302 e. The molecule has 0 saturated carbocycles. The SMILES string of the molecule is Cc1c([N+](=O)[O-])ccc(=O)n1Cc1ccc(Br)cc1. The maximum Gasteiger partial charge on any atom is 0.288 e. The summed E-state index contributed by atoms with van der Waals surface area (Å²) in [5.74, 6) is 0. The van der Waals surface area contributed by atoms with Crippen molar-refractivity contribution >= 4 is 21.6 Å². The number of benzene rings is 1. The monoisotopic (exact) mass is 322 g/mol. The molecule has 2 rings (SSSR count). The highest BCUT2D eigenvalue weighted by Gasteiger charge is 2.14. The molecule has 1 heterocycles. The van der Waals surface area contributed by atoms with E-state index in [1.165, 1.54) is 16.7 Å². The van der Waals surface area contributed by atoms with Gasteiger partial charge in [-0.1, -0.05) is 28.1 Å². The Labute approximate surface area is 117 Å². The van der Waals surface area contributed by atoms with Crippen LogP contribution >= 0.6 is 15.9 Å². The van der Waals surface area contributed by atoms with E-state index in [0.29, 0.717) is 12.2 Å². The van der Waals surface area contributed by atoms with Gasteiger partial charge in [0.1, 0.15) is 0 Å². The lowest BCUT2D eigenvalue weighted by atomic mass is 10.2. The average molecular weight is 323 g/mol. The van der Waals surface area contributed by atoms with Crippen LogP contribution in [-0.2, 0) is 6.54 Å². The first kappa shape index (κ1) is 13.5. The summed E-state index contributed by atoms with van der Waals surface area (Å²) < 4.78 is 2.35. The number of pyridine rings is 1. The first-order chi connectivity index (χ1) is 8.99. The summed E-state index contributed by atoms with van der Waals surface area (Å²) in [6.45, 7) is 1.90. The fraction of sp³-hybridized carbons (Fsp3) is 0.154. The van der Waals surface area contributed by atoms with Crippen molar-refractivity contribution < 1.29 is 4.92 Å². The van der Waals surface area contributed by atoms with Gasteiger partial charge >= 0.3 is 0 Å². The zero-order valence-corrected chi connectivity index (χ0v) is 11.8. The van der Waals surface area contributed by atoms with E-state index < -0.39 is 4.92 Å². The average Bonchev–Trinajstić information content (AvgIpc) is 2.36. The Hall–Kier alpha value is -1.95. The number of hydrogen-bond donors (Lipinski definition) is 0. The molecular formula is C13H11BrN2O3. The molecular weight excluding hydrogens is 312 g/mol. The van der Waals surface area contributed by atoms with Crippen molar-refractivity contribution in [3.8, 4) is 0 Å². The van der Waals surface area contributed by atoms with Gasteiger partial charge < -0.3 is 4.57 Å². The quantitative estimate of drug-likeness (QED) is 0.644. The van der Waals surface area contributed by atoms with E-state index in [-0.39, 0.29) is 11.2 Å². The van der Waals surface area contributed by atoms with Crippen LogP contribution in [0.1, 0.15) is 11.3 Å². The van der Waals surface area contributed by atoms with Crippen LogP contribution in [0.5, 0.6) is 0 Å². The molecule has 0 saturated heterocycles. The summed E-state index contributed by atoms with van der Waals surface area (Å²) in [6, 6.07) is 9.95. The molecule has 1 aromatic heterocycles. The molecule has 1 aromatic carbocycles. The summed E-state index contributed by atoms with van der Waals surface area (Å²) in [5, 5.41) is 10.9. The Morgan fingerprint density at radius 1 is 1.21 bits per heavy atom. The molecule has 0 unspecified atom stereocenters. The lowest BCUT2D eigenvalue weighted by molar-refractivity contribution is -0.386. The normalized spacial score (nSPS) is 10.4. The van der Waals surface area contributed by atoms with E-state index in [2.05, 4.69) is 15.9 Å². The summed E-state index contributed by atoms with van der Waals surface area (Å²) >= 11 is 3.33. The van der Waals surface area contributed by atoms with Crippen molar-refractivity contribution in [2.24, 2.45) is 0 Å². The highest BCUT2D eigenvalue weighted by molar-refractivity contribution is 9.10. The van der Waals surface area contributed by atoms with E-state index in [4.69, 9.17) is 0 Å². The van der Waals surface area contributed by atoms with E-state index in [9.17, 15) is 14.9 Å². The number of aromatic nitrogens is 1. The fourth-order valence-electron chi connectivity index (χ4n) is 1.83. The Kier molecular flexibility index (Phi) is 3.80. The number of halogens is 1. The summed E-state index contributed by atoms with van der Waals surface area (Å²) in [7, 11) is 0. The van der Waals surface area contributed by atoms with Gasteiger partial charge in [0.2, 0.25) is 0 Å². The predicted molar refractivity (Wildman–Crippen MR) is 75.3 cm³/mol. The van der Waals surface area contributed by atoms with Crippen LogP contribution in [0.4, 0.5) is 5.69 Å². The van der Waals surface area contributed by atoms with Crippen LogP contribution in [-0.4, -0.2) is 9.49 Å². The van der Waals surface area contributed by atoms with Gasteiger partial charge in [-0.15, -0.1) is 0 Å². The second-order valence-corrected chi connectivity index (χ2v) is 5.03. The maximum atomic E-state index is 11.8. The first-order valence-corrected chi connectivity index (χ1v) is 6.37. The Balaban J connectivity index is 2.45. The van der Waals surface area contributed by atoms with Crippen molar-refractivity contribution in [3.05, 3.63) is 72.6 Å². The summed E-state index contributed by atoms with van der Waals surface area (Å²) in [4.78, 5) is 22.2. The van der Waals surface area contributed by atoms with Gasteiger partial charge in [-0.25, -0.2) is 0 Å². The third kappa shape index (κ3) is 2.90. The maximum absolute atomic E-state index is 11.8. The summed E-state index contributed by atoms with van der Waals surface area (Å²) in [6.07, 6.45) is 0. The lowest BCUT2D eigenvalue weighted by Gasteiger charge is -2.09. The molecule has 0 aliphatic heterocycles. The Bertz CT molecular complexity index is 677. The molecule has 5 nitrogen and oxygen atoms in total. The minimum absolute atomic E-state index is 0.0447. The van der Waals surface area contributed by atoms with Gasteiger partial charge in [-0.3, -0.25) is 14.9 Å². The first-order valence-electron chi connectivity index (χ1n) is 5.58. The highest BCUT2D eigenvalue weighted by Crippen LogP contribution is 2.16. The fourth-order valence-corrected chi connectivity index (χ4v) is 2.09. The van der Waals surface area contributed by atoms with Crippen LogP contribution in [0.3, 0.4) is 0 Å². The zero-order valence-electron chi connectivity index (χ0n) is 10.2. The summed E-state index contributed by atoms with van der Waals surface area (Å²) in [5.41, 5.74) is 0.983. The van der Waals surface area contributed by atoms with Crippen LogP contribution in [0, 0.1) is 17.0 Å². The van der Waals surface area contributed by atoms with Gasteiger partial charge in [0, 0.05) is 16.6 Å². The van der Waals surface area contributed by atoms with Crippen molar-refractivity contribution in [1.29, 1.82) is 0 Å². The van der Waals surface area contributed by atoms with E-state index in [1.807, 2.05) is 24.3 Å². The van der Waals surface area contributed by atoms with Crippen molar-refractivity contribution in [2.75, 3.05) is 0 Å². The van der Waals surface area contributed by atoms with Crippen molar-refractivity contribution in [2.45, 2.75) is 13.5 Å². The van der Waals surface area contributed by atoms with Gasteiger partial charge in [-0.05, 0) is 24.6 Å². The predicted octanol–water partition coefficient (Wildman–Crippen LogP) is 2.88. The van der Waals surface area contributed by atoms with E-state index in [0.717, 1.165) is 10.0 Å². The smallest absolute Gasteiger partial charge is 0.288 e.